The zero-order valence-corrected chi connectivity index (χ0v) is 9.24. The summed E-state index contributed by atoms with van der Waals surface area (Å²) in [5.74, 6) is -0.302. The van der Waals surface area contributed by atoms with Gasteiger partial charge in [-0.25, -0.2) is 4.79 Å². The second kappa shape index (κ2) is 6.23. The van der Waals surface area contributed by atoms with Crippen molar-refractivity contribution in [3.63, 3.8) is 0 Å². The molecule has 2 amide bonds. The van der Waals surface area contributed by atoms with Crippen LogP contribution in [0.2, 0.25) is 0 Å². The smallest absolute Gasteiger partial charge is 0.319 e. The first kappa shape index (κ1) is 12.7. The summed E-state index contributed by atoms with van der Waals surface area (Å²) in [6.45, 7) is 2.93. The fraction of sp³-hybridized carbons (Fsp3) is 0.778. The highest BCUT2D eigenvalue weighted by molar-refractivity contribution is 5.75. The van der Waals surface area contributed by atoms with Gasteiger partial charge in [0.15, 0.2) is 0 Å². The van der Waals surface area contributed by atoms with Crippen LogP contribution in [-0.2, 0) is 9.53 Å². The molecular formula is C9H18N2O3. The van der Waals surface area contributed by atoms with Crippen LogP contribution in [-0.4, -0.2) is 56.1 Å². The minimum absolute atomic E-state index is 0.0867. The normalized spacial score (nSPS) is 9.43. The van der Waals surface area contributed by atoms with Gasteiger partial charge in [-0.05, 0) is 6.92 Å². The monoisotopic (exact) mass is 202 g/mol. The average molecular weight is 202 g/mol. The Kier molecular flexibility index (Phi) is 5.67. The second-order valence-electron chi connectivity index (χ2n) is 3.04. The van der Waals surface area contributed by atoms with E-state index in [4.69, 9.17) is 0 Å². The lowest BCUT2D eigenvalue weighted by atomic mass is 10.4. The molecule has 5 nitrogen and oxygen atoms in total. The third kappa shape index (κ3) is 4.11. The number of carbonyl (C=O) groups excluding carboxylic acids is 2. The van der Waals surface area contributed by atoms with Gasteiger partial charge in [0.25, 0.3) is 0 Å². The molecule has 0 radical (unpaired) electrons. The summed E-state index contributed by atoms with van der Waals surface area (Å²) in [5, 5.41) is 0. The van der Waals surface area contributed by atoms with Gasteiger partial charge in [0.05, 0.1) is 13.5 Å². The summed E-state index contributed by atoms with van der Waals surface area (Å²) in [4.78, 5) is 25.4. The summed E-state index contributed by atoms with van der Waals surface area (Å²) >= 11 is 0. The molecule has 0 bridgehead atoms. The topological polar surface area (TPSA) is 49.9 Å². The van der Waals surface area contributed by atoms with Crippen LogP contribution < -0.4 is 0 Å². The lowest BCUT2D eigenvalue weighted by Crippen LogP contribution is -2.39. The van der Waals surface area contributed by atoms with Crippen molar-refractivity contribution in [2.45, 2.75) is 13.3 Å². The van der Waals surface area contributed by atoms with Gasteiger partial charge in [-0.2, -0.15) is 0 Å². The zero-order chi connectivity index (χ0) is 11.1. The van der Waals surface area contributed by atoms with E-state index in [1.165, 1.54) is 12.0 Å². The van der Waals surface area contributed by atoms with E-state index in [-0.39, 0.29) is 18.4 Å². The van der Waals surface area contributed by atoms with Crippen molar-refractivity contribution in [1.82, 2.24) is 9.80 Å². The predicted molar refractivity (Wildman–Crippen MR) is 53.0 cm³/mol. The maximum absolute atomic E-state index is 11.5. The number of ether oxygens (including phenoxy) is 1. The number of hydrogen-bond donors (Lipinski definition) is 0. The molecule has 82 valence electrons. The Labute approximate surface area is 84.6 Å². The Balaban J connectivity index is 3.90. The Bertz CT molecular complexity index is 206. The molecule has 0 saturated carbocycles. The number of hydrogen-bond acceptors (Lipinski definition) is 3. The first-order valence-electron chi connectivity index (χ1n) is 4.56. The fourth-order valence-corrected chi connectivity index (χ4v) is 0.883. The van der Waals surface area contributed by atoms with Crippen LogP contribution in [0, 0.1) is 0 Å². The number of urea groups is 1. The molecule has 0 atom stereocenters. The highest BCUT2D eigenvalue weighted by Gasteiger charge is 2.13. The van der Waals surface area contributed by atoms with Gasteiger partial charge < -0.3 is 14.5 Å². The second-order valence-corrected chi connectivity index (χ2v) is 3.04. The van der Waals surface area contributed by atoms with E-state index in [0.29, 0.717) is 13.1 Å². The van der Waals surface area contributed by atoms with Gasteiger partial charge in [0.1, 0.15) is 0 Å². The van der Waals surface area contributed by atoms with E-state index >= 15 is 0 Å². The van der Waals surface area contributed by atoms with Crippen LogP contribution in [0.5, 0.6) is 0 Å². The van der Waals surface area contributed by atoms with Crippen molar-refractivity contribution < 1.29 is 14.3 Å². The van der Waals surface area contributed by atoms with E-state index in [2.05, 4.69) is 4.74 Å². The summed E-state index contributed by atoms with van der Waals surface area (Å²) < 4.78 is 4.48. The Morgan fingerprint density at radius 2 is 1.79 bits per heavy atom. The third-order valence-electron chi connectivity index (χ3n) is 2.01. The van der Waals surface area contributed by atoms with Gasteiger partial charge >= 0.3 is 12.0 Å². The van der Waals surface area contributed by atoms with E-state index in [1.54, 1.807) is 19.0 Å². The lowest BCUT2D eigenvalue weighted by Gasteiger charge is -2.23. The van der Waals surface area contributed by atoms with Gasteiger partial charge in [-0.3, -0.25) is 4.79 Å². The number of amides is 2. The summed E-state index contributed by atoms with van der Waals surface area (Å²) in [7, 11) is 4.72. The van der Waals surface area contributed by atoms with E-state index < -0.39 is 0 Å². The van der Waals surface area contributed by atoms with Crippen LogP contribution in [0.1, 0.15) is 13.3 Å². The maximum atomic E-state index is 11.5. The van der Waals surface area contributed by atoms with Gasteiger partial charge in [-0.1, -0.05) is 0 Å². The van der Waals surface area contributed by atoms with Gasteiger partial charge in [-0.15, -0.1) is 0 Å². The number of carbonyl (C=O) groups is 2. The minimum atomic E-state index is -0.302. The van der Waals surface area contributed by atoms with E-state index in [9.17, 15) is 9.59 Å². The number of rotatable bonds is 4. The molecule has 0 aromatic rings. The van der Waals surface area contributed by atoms with Crippen LogP contribution in [0.4, 0.5) is 4.79 Å². The maximum Gasteiger partial charge on any atom is 0.319 e. The molecule has 5 heteroatoms. The van der Waals surface area contributed by atoms with Gasteiger partial charge in [0.2, 0.25) is 0 Å². The molecule has 0 unspecified atom stereocenters. The summed E-state index contributed by atoms with van der Waals surface area (Å²) in [5.41, 5.74) is 0. The minimum Gasteiger partial charge on any atom is -0.469 e. The summed E-state index contributed by atoms with van der Waals surface area (Å²) in [6.07, 6.45) is 0.232. The highest BCUT2D eigenvalue weighted by Crippen LogP contribution is 1.95. The van der Waals surface area contributed by atoms with Crippen molar-refractivity contribution in [3.05, 3.63) is 0 Å². The van der Waals surface area contributed by atoms with Crippen molar-refractivity contribution >= 4 is 12.0 Å². The molecule has 0 fully saturated rings. The van der Waals surface area contributed by atoms with Crippen LogP contribution in [0.3, 0.4) is 0 Å². The summed E-state index contributed by atoms with van der Waals surface area (Å²) in [6, 6.07) is -0.0867. The molecule has 0 aliphatic rings. The van der Waals surface area contributed by atoms with Crippen LogP contribution in [0.25, 0.3) is 0 Å². The fourth-order valence-electron chi connectivity index (χ4n) is 0.883. The molecule has 0 rings (SSSR count). The van der Waals surface area contributed by atoms with Crippen molar-refractivity contribution in [3.8, 4) is 0 Å². The predicted octanol–water partition coefficient (Wildman–Crippen LogP) is 0.553. The molecule has 0 saturated heterocycles. The standard InChI is InChI=1S/C9H18N2O3/c1-5-10(2)9(13)11(3)7-6-8(12)14-4/h5-7H2,1-4H3. The quantitative estimate of drug-likeness (QED) is 0.626. The van der Waals surface area contributed by atoms with E-state index in [0.717, 1.165) is 0 Å². The SMILES string of the molecule is CCN(C)C(=O)N(C)CCC(=O)OC. The Morgan fingerprint density at radius 1 is 1.21 bits per heavy atom. The number of nitrogens with zero attached hydrogens (tertiary/aromatic N) is 2. The van der Waals surface area contributed by atoms with Crippen molar-refractivity contribution in [2.24, 2.45) is 0 Å². The van der Waals surface area contributed by atoms with Crippen molar-refractivity contribution in [2.75, 3.05) is 34.3 Å². The molecule has 0 spiro atoms. The van der Waals surface area contributed by atoms with Gasteiger partial charge in [0, 0.05) is 27.2 Å². The molecule has 0 heterocycles. The number of methoxy groups -OCH3 is 1. The molecule has 0 aliphatic heterocycles. The Morgan fingerprint density at radius 3 is 2.21 bits per heavy atom. The molecule has 0 aliphatic carbocycles. The molecule has 14 heavy (non-hydrogen) atoms. The number of esters is 1. The zero-order valence-electron chi connectivity index (χ0n) is 9.24. The average Bonchev–Trinajstić information content (AvgIpc) is 2.22. The molecule has 0 aromatic carbocycles. The Hall–Kier alpha value is -1.26. The molecular weight excluding hydrogens is 184 g/mol. The first-order valence-corrected chi connectivity index (χ1v) is 4.56. The van der Waals surface area contributed by atoms with Crippen molar-refractivity contribution in [1.29, 1.82) is 0 Å². The molecule has 0 aromatic heterocycles. The highest BCUT2D eigenvalue weighted by atomic mass is 16.5. The third-order valence-corrected chi connectivity index (χ3v) is 2.01. The first-order chi connectivity index (χ1) is 6.52. The largest absolute Gasteiger partial charge is 0.469 e. The van der Waals surface area contributed by atoms with E-state index in [1.807, 2.05) is 6.92 Å². The van der Waals surface area contributed by atoms with Crippen LogP contribution >= 0.6 is 0 Å². The lowest BCUT2D eigenvalue weighted by molar-refractivity contribution is -0.140. The molecule has 0 N–H and O–H groups in total. The van der Waals surface area contributed by atoms with Crippen LogP contribution in [0.15, 0.2) is 0 Å².